The molecule has 1 fully saturated rings. The summed E-state index contributed by atoms with van der Waals surface area (Å²) in [5, 5.41) is 2.14. The number of carbonyl (C=O) groups is 1. The molecule has 0 bridgehead atoms. The summed E-state index contributed by atoms with van der Waals surface area (Å²) in [5.74, 6) is 0.0404. The van der Waals surface area contributed by atoms with Gasteiger partial charge in [0.05, 0.1) is 10.0 Å². The number of H-pyrrole nitrogens is 1. The molecule has 2 heterocycles. The largest absolute Gasteiger partial charge is 0.368 e. The smallest absolute Gasteiger partial charge is 0.223 e. The van der Waals surface area contributed by atoms with Crippen molar-refractivity contribution in [2.45, 2.75) is 19.3 Å². The van der Waals surface area contributed by atoms with Crippen LogP contribution in [0.1, 0.15) is 29.0 Å². The van der Waals surface area contributed by atoms with Crippen LogP contribution in [-0.4, -0.2) is 42.0 Å². The molecule has 0 unspecified atom stereocenters. The number of benzene rings is 3. The fraction of sp³-hybridized carbons (Fsp3) is 0.250. The van der Waals surface area contributed by atoms with E-state index >= 15 is 0 Å². The lowest BCUT2D eigenvalue weighted by Crippen LogP contribution is -2.49. The number of piperazine rings is 1. The average Bonchev–Trinajstić information content (AvgIpc) is 3.28. The predicted octanol–water partition coefficient (Wildman–Crippen LogP) is 6.65. The van der Waals surface area contributed by atoms with Gasteiger partial charge in [0.1, 0.15) is 0 Å². The van der Waals surface area contributed by atoms with Crippen LogP contribution in [0, 0.1) is 6.92 Å². The van der Waals surface area contributed by atoms with Crippen molar-refractivity contribution >= 4 is 45.7 Å². The van der Waals surface area contributed by atoms with Crippen LogP contribution in [-0.2, 0) is 4.79 Å². The monoisotopic (exact) mass is 491 g/mol. The third-order valence-electron chi connectivity index (χ3n) is 6.81. The highest BCUT2D eigenvalue weighted by molar-refractivity contribution is 6.42. The second-order valence-electron chi connectivity index (χ2n) is 8.87. The highest BCUT2D eigenvalue weighted by Gasteiger charge is 2.27. The Kier molecular flexibility index (Phi) is 6.53. The van der Waals surface area contributed by atoms with Gasteiger partial charge >= 0.3 is 0 Å². The van der Waals surface area contributed by atoms with Crippen molar-refractivity contribution < 1.29 is 4.79 Å². The Labute approximate surface area is 210 Å². The van der Waals surface area contributed by atoms with Crippen molar-refractivity contribution in [3.8, 4) is 0 Å². The summed E-state index contributed by atoms with van der Waals surface area (Å²) >= 11 is 12.6. The first-order valence-electron chi connectivity index (χ1n) is 11.6. The van der Waals surface area contributed by atoms with Crippen LogP contribution < -0.4 is 4.90 Å². The molecular formula is C28H27Cl2N3O. The van der Waals surface area contributed by atoms with Crippen molar-refractivity contribution in [2.24, 2.45) is 0 Å². The topological polar surface area (TPSA) is 39.3 Å². The van der Waals surface area contributed by atoms with E-state index in [2.05, 4.69) is 53.2 Å². The van der Waals surface area contributed by atoms with Crippen LogP contribution in [0.5, 0.6) is 0 Å². The van der Waals surface area contributed by atoms with Gasteiger partial charge in [-0.1, -0.05) is 65.7 Å². The number of aryl methyl sites for hydroxylation is 1. The lowest BCUT2D eigenvalue weighted by molar-refractivity contribution is -0.131. The maximum absolute atomic E-state index is 13.5. The molecule has 0 spiro atoms. The van der Waals surface area contributed by atoms with Gasteiger partial charge in [0.15, 0.2) is 0 Å². The van der Waals surface area contributed by atoms with E-state index in [1.165, 1.54) is 11.3 Å². The number of anilines is 1. The molecule has 4 nitrogen and oxygen atoms in total. The quantitative estimate of drug-likeness (QED) is 0.339. The Morgan fingerprint density at radius 2 is 1.68 bits per heavy atom. The molecule has 3 aromatic carbocycles. The molecule has 0 saturated carbocycles. The fourth-order valence-corrected chi connectivity index (χ4v) is 5.24. The molecule has 34 heavy (non-hydrogen) atoms. The molecule has 5 rings (SSSR count). The lowest BCUT2D eigenvalue weighted by atomic mass is 9.87. The summed E-state index contributed by atoms with van der Waals surface area (Å²) in [6.45, 7) is 5.24. The Morgan fingerprint density at radius 1 is 0.941 bits per heavy atom. The molecule has 1 N–H and O–H groups in total. The van der Waals surface area contributed by atoms with Gasteiger partial charge < -0.3 is 14.8 Å². The van der Waals surface area contributed by atoms with Gasteiger partial charge in [-0.3, -0.25) is 4.79 Å². The van der Waals surface area contributed by atoms with E-state index in [-0.39, 0.29) is 11.8 Å². The number of aromatic amines is 1. The molecule has 6 heteroatoms. The van der Waals surface area contributed by atoms with Crippen LogP contribution in [0.2, 0.25) is 10.0 Å². The third kappa shape index (κ3) is 4.53. The van der Waals surface area contributed by atoms with Crippen molar-refractivity contribution in [1.82, 2.24) is 9.88 Å². The van der Waals surface area contributed by atoms with E-state index in [4.69, 9.17) is 23.2 Å². The molecule has 1 saturated heterocycles. The SMILES string of the molecule is Cc1ccccc1N1CCN(C(=O)C[C@@H](c2ccc(Cl)c(Cl)c2)c2c[nH]c3ccccc23)CC1. The summed E-state index contributed by atoms with van der Waals surface area (Å²) in [7, 11) is 0. The van der Waals surface area contributed by atoms with Gasteiger partial charge in [-0.25, -0.2) is 0 Å². The molecule has 4 aromatic rings. The van der Waals surface area contributed by atoms with E-state index in [1.807, 2.05) is 41.4 Å². The number of fused-ring (bicyclic) bond motifs is 1. The second kappa shape index (κ2) is 9.73. The molecule has 1 aliphatic rings. The third-order valence-corrected chi connectivity index (χ3v) is 7.55. The molecule has 1 aliphatic heterocycles. The van der Waals surface area contributed by atoms with Gasteiger partial charge in [0.25, 0.3) is 0 Å². The molecule has 174 valence electrons. The fourth-order valence-electron chi connectivity index (χ4n) is 4.94. The highest BCUT2D eigenvalue weighted by Crippen LogP contribution is 2.36. The first-order chi connectivity index (χ1) is 16.5. The first kappa shape index (κ1) is 22.8. The number of rotatable bonds is 5. The number of nitrogens with one attached hydrogen (secondary N) is 1. The zero-order valence-corrected chi connectivity index (χ0v) is 20.6. The Hall–Kier alpha value is -2.95. The van der Waals surface area contributed by atoms with Gasteiger partial charge in [0.2, 0.25) is 5.91 Å². The summed E-state index contributed by atoms with van der Waals surface area (Å²) in [6, 6.07) is 22.3. The van der Waals surface area contributed by atoms with E-state index < -0.39 is 0 Å². The zero-order valence-electron chi connectivity index (χ0n) is 19.1. The number of carbonyl (C=O) groups excluding carboxylic acids is 1. The van der Waals surface area contributed by atoms with Gasteiger partial charge in [0, 0.05) is 61.3 Å². The minimum atomic E-state index is -0.118. The molecule has 1 atom stereocenters. The predicted molar refractivity (Wildman–Crippen MR) is 141 cm³/mol. The number of para-hydroxylation sites is 2. The number of amides is 1. The summed E-state index contributed by atoms with van der Waals surface area (Å²) < 4.78 is 0. The van der Waals surface area contributed by atoms with Crippen molar-refractivity contribution in [1.29, 1.82) is 0 Å². The van der Waals surface area contributed by atoms with Crippen LogP contribution in [0.25, 0.3) is 10.9 Å². The van der Waals surface area contributed by atoms with E-state index in [9.17, 15) is 4.79 Å². The van der Waals surface area contributed by atoms with Crippen LogP contribution in [0.15, 0.2) is 72.9 Å². The van der Waals surface area contributed by atoms with E-state index in [0.29, 0.717) is 16.5 Å². The van der Waals surface area contributed by atoms with Crippen molar-refractivity contribution in [2.75, 3.05) is 31.1 Å². The summed E-state index contributed by atoms with van der Waals surface area (Å²) in [5.41, 5.74) is 5.66. The molecular weight excluding hydrogens is 465 g/mol. The number of nitrogens with zero attached hydrogens (tertiary/aromatic N) is 2. The minimum absolute atomic E-state index is 0.118. The van der Waals surface area contributed by atoms with E-state index in [1.54, 1.807) is 0 Å². The summed E-state index contributed by atoms with van der Waals surface area (Å²) in [4.78, 5) is 21.2. The van der Waals surface area contributed by atoms with Gasteiger partial charge in [-0.2, -0.15) is 0 Å². The van der Waals surface area contributed by atoms with Crippen molar-refractivity contribution in [3.05, 3.63) is 99.7 Å². The minimum Gasteiger partial charge on any atom is -0.368 e. The normalized spacial score (nSPS) is 15.0. The van der Waals surface area contributed by atoms with Crippen LogP contribution >= 0.6 is 23.2 Å². The Bertz CT molecular complexity index is 1320. The number of aromatic nitrogens is 1. The maximum atomic E-state index is 13.5. The maximum Gasteiger partial charge on any atom is 0.223 e. The van der Waals surface area contributed by atoms with E-state index in [0.717, 1.165) is 48.2 Å². The van der Waals surface area contributed by atoms with Gasteiger partial charge in [-0.05, 0) is 47.9 Å². The van der Waals surface area contributed by atoms with Gasteiger partial charge in [-0.15, -0.1) is 0 Å². The number of hydrogen-bond acceptors (Lipinski definition) is 2. The zero-order chi connectivity index (χ0) is 23.7. The average molecular weight is 492 g/mol. The van der Waals surface area contributed by atoms with Crippen LogP contribution in [0.4, 0.5) is 5.69 Å². The number of hydrogen-bond donors (Lipinski definition) is 1. The summed E-state index contributed by atoms with van der Waals surface area (Å²) in [6.07, 6.45) is 2.39. The Morgan fingerprint density at radius 3 is 2.44 bits per heavy atom. The van der Waals surface area contributed by atoms with Crippen molar-refractivity contribution in [3.63, 3.8) is 0 Å². The molecule has 1 amide bonds. The Balaban J connectivity index is 1.38. The molecule has 0 aliphatic carbocycles. The lowest BCUT2D eigenvalue weighted by Gasteiger charge is -2.37. The molecule has 0 radical (unpaired) electrons. The highest BCUT2D eigenvalue weighted by atomic mass is 35.5. The standard InChI is InChI=1S/C28H27Cl2N3O/c1-19-6-2-5-9-27(19)32-12-14-33(15-13-32)28(34)17-22(20-10-11-24(29)25(30)16-20)23-18-31-26-8-4-3-7-21(23)26/h2-11,16,18,22,31H,12-15,17H2,1H3/t22-/m0/s1. The van der Waals surface area contributed by atoms with Crippen LogP contribution in [0.3, 0.4) is 0 Å². The second-order valence-corrected chi connectivity index (χ2v) is 9.69. The molecule has 1 aromatic heterocycles. The first-order valence-corrected chi connectivity index (χ1v) is 12.4. The number of halogens is 2.